The van der Waals surface area contributed by atoms with Crippen molar-refractivity contribution in [3.63, 3.8) is 0 Å². The summed E-state index contributed by atoms with van der Waals surface area (Å²) in [6.07, 6.45) is 0. The number of fused-ring (bicyclic) bond motifs is 1. The Morgan fingerprint density at radius 1 is 1.36 bits per heavy atom. The SMILES string of the molecule is COC(=O)C#Cc1[nH]n2nc(C(C)C)nc2c1NNc1nc(C)no1. The maximum absolute atomic E-state index is 11.3. The van der Waals surface area contributed by atoms with Gasteiger partial charge in [0.1, 0.15) is 11.4 Å². The second-order valence-corrected chi connectivity index (χ2v) is 5.36. The molecule has 0 unspecified atom stereocenters. The van der Waals surface area contributed by atoms with Crippen LogP contribution in [0.5, 0.6) is 0 Å². The van der Waals surface area contributed by atoms with Gasteiger partial charge in [-0.1, -0.05) is 19.0 Å². The van der Waals surface area contributed by atoms with E-state index < -0.39 is 5.97 Å². The summed E-state index contributed by atoms with van der Waals surface area (Å²) >= 11 is 0. The van der Waals surface area contributed by atoms with Crippen molar-refractivity contribution in [1.29, 1.82) is 0 Å². The zero-order valence-corrected chi connectivity index (χ0v) is 14.0. The molecule has 25 heavy (non-hydrogen) atoms. The number of rotatable bonds is 4. The average Bonchev–Trinajstić information content (AvgIpc) is 3.25. The van der Waals surface area contributed by atoms with E-state index in [-0.39, 0.29) is 11.9 Å². The van der Waals surface area contributed by atoms with Crippen LogP contribution in [0.1, 0.15) is 37.1 Å². The van der Waals surface area contributed by atoms with Gasteiger partial charge in [-0.05, 0) is 12.8 Å². The van der Waals surface area contributed by atoms with Gasteiger partial charge in [0.05, 0.1) is 7.11 Å². The van der Waals surface area contributed by atoms with E-state index in [1.807, 2.05) is 13.8 Å². The third kappa shape index (κ3) is 3.37. The van der Waals surface area contributed by atoms with E-state index in [9.17, 15) is 4.79 Å². The highest BCUT2D eigenvalue weighted by Crippen LogP contribution is 2.22. The molecule has 3 heterocycles. The van der Waals surface area contributed by atoms with E-state index in [1.165, 1.54) is 11.7 Å². The lowest BCUT2D eigenvalue weighted by molar-refractivity contribution is -0.133. The fourth-order valence-electron chi connectivity index (χ4n) is 1.92. The fourth-order valence-corrected chi connectivity index (χ4v) is 1.92. The number of hydrogen-bond donors (Lipinski definition) is 3. The van der Waals surface area contributed by atoms with Crippen LogP contribution in [0.25, 0.3) is 5.65 Å². The van der Waals surface area contributed by atoms with Gasteiger partial charge in [-0.2, -0.15) is 9.61 Å². The third-order valence-electron chi connectivity index (χ3n) is 3.13. The zero-order chi connectivity index (χ0) is 18.0. The van der Waals surface area contributed by atoms with Crippen LogP contribution >= 0.6 is 0 Å². The van der Waals surface area contributed by atoms with E-state index in [0.29, 0.717) is 28.7 Å². The van der Waals surface area contributed by atoms with E-state index in [4.69, 9.17) is 4.52 Å². The standard InChI is InChI=1S/C14H16N8O3/c1-7(2)12-16-13-11(17-18-14-15-8(3)21-25-14)9(19-22(13)20-12)5-6-10(23)24-4/h7,17,19H,1-4H3,(H,15,18,21). The van der Waals surface area contributed by atoms with Gasteiger partial charge in [-0.25, -0.2) is 9.78 Å². The molecule has 3 aromatic heterocycles. The van der Waals surface area contributed by atoms with Crippen LogP contribution in [-0.4, -0.2) is 43.0 Å². The molecule has 0 bridgehead atoms. The Bertz CT molecular complexity index is 971. The number of nitrogens with one attached hydrogen (secondary N) is 3. The summed E-state index contributed by atoms with van der Waals surface area (Å²) in [5, 5.41) is 11.0. The maximum atomic E-state index is 11.3. The van der Waals surface area contributed by atoms with Gasteiger partial charge in [0, 0.05) is 11.8 Å². The minimum atomic E-state index is -0.658. The Kier molecular flexibility index (Phi) is 4.25. The molecule has 0 radical (unpaired) electrons. The molecule has 3 N–H and O–H groups in total. The summed E-state index contributed by atoms with van der Waals surface area (Å²) in [5.74, 6) is 5.67. The molecule has 0 amide bonds. The molecular formula is C14H16N8O3. The molecular weight excluding hydrogens is 328 g/mol. The van der Waals surface area contributed by atoms with Gasteiger partial charge in [0.15, 0.2) is 11.6 Å². The predicted molar refractivity (Wildman–Crippen MR) is 86.6 cm³/mol. The summed E-state index contributed by atoms with van der Waals surface area (Å²) in [4.78, 5) is 19.7. The number of hydrazine groups is 1. The second kappa shape index (κ2) is 6.52. The predicted octanol–water partition coefficient (Wildman–Crippen LogP) is 0.836. The monoisotopic (exact) mass is 344 g/mol. The first-order valence-electron chi connectivity index (χ1n) is 7.39. The van der Waals surface area contributed by atoms with E-state index >= 15 is 0 Å². The highest BCUT2D eigenvalue weighted by molar-refractivity contribution is 5.90. The summed E-state index contributed by atoms with van der Waals surface area (Å²) in [6, 6.07) is 0.173. The fraction of sp³-hybridized carbons (Fsp3) is 0.357. The van der Waals surface area contributed by atoms with Gasteiger partial charge >= 0.3 is 12.0 Å². The number of esters is 1. The first-order valence-corrected chi connectivity index (χ1v) is 7.39. The van der Waals surface area contributed by atoms with Crippen LogP contribution in [-0.2, 0) is 9.53 Å². The van der Waals surface area contributed by atoms with Crippen molar-refractivity contribution in [2.75, 3.05) is 18.0 Å². The van der Waals surface area contributed by atoms with E-state index in [1.54, 1.807) is 6.92 Å². The van der Waals surface area contributed by atoms with E-state index in [2.05, 4.69) is 52.8 Å². The molecule has 11 nitrogen and oxygen atoms in total. The summed E-state index contributed by atoms with van der Waals surface area (Å²) < 4.78 is 11.0. The number of methoxy groups -OCH3 is 1. The zero-order valence-electron chi connectivity index (χ0n) is 14.0. The molecule has 0 spiro atoms. The van der Waals surface area contributed by atoms with Crippen molar-refractivity contribution in [3.8, 4) is 11.8 Å². The molecule has 0 saturated heterocycles. The first kappa shape index (κ1) is 16.3. The van der Waals surface area contributed by atoms with Gasteiger partial charge < -0.3 is 9.26 Å². The molecule has 0 aliphatic carbocycles. The Balaban J connectivity index is 1.97. The average molecular weight is 344 g/mol. The number of aromatic amines is 1. The number of H-pyrrole nitrogens is 1. The number of ether oxygens (including phenoxy) is 1. The van der Waals surface area contributed by atoms with Crippen molar-refractivity contribution >= 4 is 23.3 Å². The molecule has 0 fully saturated rings. The smallest absolute Gasteiger partial charge is 0.384 e. The molecule has 0 aliphatic heterocycles. The van der Waals surface area contributed by atoms with Crippen molar-refractivity contribution in [2.24, 2.45) is 0 Å². The van der Waals surface area contributed by atoms with Gasteiger partial charge in [0.2, 0.25) is 5.65 Å². The minimum Gasteiger partial charge on any atom is -0.459 e. The van der Waals surface area contributed by atoms with Gasteiger partial charge in [-0.15, -0.1) is 5.10 Å². The highest BCUT2D eigenvalue weighted by atomic mass is 16.5. The third-order valence-corrected chi connectivity index (χ3v) is 3.13. The van der Waals surface area contributed by atoms with Crippen LogP contribution in [0.3, 0.4) is 0 Å². The summed E-state index contributed by atoms with van der Waals surface area (Å²) in [6.45, 7) is 5.67. The summed E-state index contributed by atoms with van der Waals surface area (Å²) in [7, 11) is 1.26. The quantitative estimate of drug-likeness (QED) is 0.357. The second-order valence-electron chi connectivity index (χ2n) is 5.36. The number of carbonyl (C=O) groups is 1. The Labute approximate surface area is 142 Å². The topological polar surface area (TPSA) is 135 Å². The lowest BCUT2D eigenvalue weighted by atomic mass is 10.2. The molecule has 0 aliphatic rings. The van der Waals surface area contributed by atoms with Crippen LogP contribution in [0, 0.1) is 18.8 Å². The molecule has 0 aromatic carbocycles. The highest BCUT2D eigenvalue weighted by Gasteiger charge is 2.17. The van der Waals surface area contributed by atoms with Crippen molar-refractivity contribution < 1.29 is 14.1 Å². The lowest BCUT2D eigenvalue weighted by Crippen LogP contribution is -2.10. The molecule has 3 rings (SSSR count). The van der Waals surface area contributed by atoms with Crippen molar-refractivity contribution in [2.45, 2.75) is 26.7 Å². The van der Waals surface area contributed by atoms with Crippen molar-refractivity contribution in [1.82, 2.24) is 30.0 Å². The number of hydrogen-bond acceptors (Lipinski definition) is 9. The normalized spacial score (nSPS) is 10.6. The maximum Gasteiger partial charge on any atom is 0.384 e. The minimum absolute atomic E-state index is 0.150. The number of carbonyl (C=O) groups excluding carboxylic acids is 1. The Morgan fingerprint density at radius 2 is 2.16 bits per heavy atom. The molecule has 0 saturated carbocycles. The Hall–Kier alpha value is -3.55. The largest absolute Gasteiger partial charge is 0.459 e. The number of anilines is 2. The molecule has 130 valence electrons. The Morgan fingerprint density at radius 3 is 2.80 bits per heavy atom. The molecule has 11 heteroatoms. The van der Waals surface area contributed by atoms with Crippen LogP contribution in [0.2, 0.25) is 0 Å². The number of nitrogens with zero attached hydrogens (tertiary/aromatic N) is 5. The van der Waals surface area contributed by atoms with Gasteiger partial charge in [0.25, 0.3) is 0 Å². The van der Waals surface area contributed by atoms with Crippen molar-refractivity contribution in [3.05, 3.63) is 17.3 Å². The molecule has 3 aromatic rings. The van der Waals surface area contributed by atoms with Gasteiger partial charge in [-0.3, -0.25) is 16.0 Å². The molecule has 0 atom stereocenters. The van der Waals surface area contributed by atoms with Crippen LogP contribution < -0.4 is 10.9 Å². The number of aromatic nitrogens is 6. The van der Waals surface area contributed by atoms with Crippen LogP contribution in [0.4, 0.5) is 11.7 Å². The number of aryl methyl sites for hydroxylation is 1. The van der Waals surface area contributed by atoms with Crippen LogP contribution in [0.15, 0.2) is 4.52 Å². The summed E-state index contributed by atoms with van der Waals surface area (Å²) in [5.41, 5.74) is 7.04. The van der Waals surface area contributed by atoms with E-state index in [0.717, 1.165) is 0 Å². The lowest BCUT2D eigenvalue weighted by Gasteiger charge is -2.03. The first-order chi connectivity index (χ1) is 12.0.